The molecule has 0 saturated carbocycles. The maximum atomic E-state index is 14.9. The standard InChI is InChI=1S/C37H26F3NO/c38-37(39,40)32-24-13-23-31-34(32)41-26-14-25-33(41)36(29-19-9-3-10-20-29,30-21-11-4-12-22-30)42-35(31,27-15-5-1-6-16-27)28-17-7-2-8-18-28/h1-26H. The Morgan fingerprint density at radius 2 is 0.929 bits per heavy atom. The molecule has 1 aliphatic heterocycles. The number of alkyl halides is 3. The van der Waals surface area contributed by atoms with Crippen LogP contribution in [0.4, 0.5) is 13.2 Å². The van der Waals surface area contributed by atoms with E-state index in [9.17, 15) is 13.2 Å². The number of halogens is 3. The molecule has 0 saturated heterocycles. The maximum absolute atomic E-state index is 14.9. The summed E-state index contributed by atoms with van der Waals surface area (Å²) in [5.74, 6) is 0. The molecule has 1 aliphatic rings. The van der Waals surface area contributed by atoms with E-state index in [0.29, 0.717) is 11.3 Å². The van der Waals surface area contributed by atoms with Crippen LogP contribution in [0.3, 0.4) is 0 Å². The summed E-state index contributed by atoms with van der Waals surface area (Å²) in [4.78, 5) is 0. The SMILES string of the molecule is FC(F)(F)c1cccc2c1-n1cccc1C(c1ccccc1)(c1ccccc1)OC2(c1ccccc1)c1ccccc1. The molecule has 6 aromatic rings. The third kappa shape index (κ3) is 3.85. The molecule has 206 valence electrons. The van der Waals surface area contributed by atoms with Crippen molar-refractivity contribution in [3.63, 3.8) is 0 Å². The Morgan fingerprint density at radius 1 is 0.476 bits per heavy atom. The molecule has 0 atom stereocenters. The minimum atomic E-state index is -4.61. The van der Waals surface area contributed by atoms with E-state index in [2.05, 4.69) is 0 Å². The predicted molar refractivity (Wildman–Crippen MR) is 157 cm³/mol. The monoisotopic (exact) mass is 557 g/mol. The second-order valence-electron chi connectivity index (χ2n) is 10.4. The van der Waals surface area contributed by atoms with Crippen molar-refractivity contribution in [2.45, 2.75) is 17.4 Å². The molecule has 2 heterocycles. The molecule has 0 spiro atoms. The lowest BCUT2D eigenvalue weighted by Gasteiger charge is -2.44. The highest BCUT2D eigenvalue weighted by molar-refractivity contribution is 5.64. The molecular formula is C37H26F3NO. The highest BCUT2D eigenvalue weighted by Gasteiger charge is 2.54. The van der Waals surface area contributed by atoms with Crippen molar-refractivity contribution >= 4 is 0 Å². The largest absolute Gasteiger partial charge is 0.418 e. The van der Waals surface area contributed by atoms with Crippen LogP contribution in [0.15, 0.2) is 158 Å². The summed E-state index contributed by atoms with van der Waals surface area (Å²) in [6.07, 6.45) is -2.90. The zero-order valence-electron chi connectivity index (χ0n) is 22.5. The number of nitrogens with zero attached hydrogens (tertiary/aromatic N) is 1. The first kappa shape index (κ1) is 26.1. The summed E-state index contributed by atoms with van der Waals surface area (Å²) in [5, 5.41) is 0. The van der Waals surface area contributed by atoms with Crippen LogP contribution < -0.4 is 0 Å². The van der Waals surface area contributed by atoms with Gasteiger partial charge in [0, 0.05) is 11.8 Å². The Balaban J connectivity index is 1.74. The number of hydrogen-bond donors (Lipinski definition) is 0. The molecule has 0 unspecified atom stereocenters. The highest BCUT2D eigenvalue weighted by Crippen LogP contribution is 2.56. The van der Waals surface area contributed by atoms with Crippen molar-refractivity contribution in [3.05, 3.63) is 197 Å². The molecule has 0 amide bonds. The fourth-order valence-electron chi connectivity index (χ4n) is 6.38. The molecule has 0 aliphatic carbocycles. The number of rotatable bonds is 4. The second kappa shape index (κ2) is 9.89. The van der Waals surface area contributed by atoms with Gasteiger partial charge in [-0.15, -0.1) is 0 Å². The quantitative estimate of drug-likeness (QED) is 0.211. The summed E-state index contributed by atoms with van der Waals surface area (Å²) in [6.45, 7) is 0. The molecule has 42 heavy (non-hydrogen) atoms. The van der Waals surface area contributed by atoms with Crippen LogP contribution in [0.1, 0.15) is 39.1 Å². The van der Waals surface area contributed by atoms with E-state index in [1.807, 2.05) is 127 Å². The van der Waals surface area contributed by atoms with E-state index < -0.39 is 22.9 Å². The molecule has 0 fully saturated rings. The van der Waals surface area contributed by atoms with Gasteiger partial charge in [-0.25, -0.2) is 0 Å². The van der Waals surface area contributed by atoms with Crippen molar-refractivity contribution in [2.75, 3.05) is 0 Å². The third-order valence-electron chi connectivity index (χ3n) is 8.10. The highest BCUT2D eigenvalue weighted by atomic mass is 19.4. The van der Waals surface area contributed by atoms with Crippen LogP contribution in [0.2, 0.25) is 0 Å². The Morgan fingerprint density at radius 3 is 1.38 bits per heavy atom. The van der Waals surface area contributed by atoms with Crippen LogP contribution in [-0.4, -0.2) is 4.57 Å². The van der Waals surface area contributed by atoms with E-state index in [1.54, 1.807) is 22.9 Å². The fourth-order valence-corrected chi connectivity index (χ4v) is 6.38. The first-order valence-corrected chi connectivity index (χ1v) is 13.8. The molecule has 5 heteroatoms. The number of aromatic nitrogens is 1. The molecule has 0 bridgehead atoms. The zero-order valence-corrected chi connectivity index (χ0v) is 22.5. The van der Waals surface area contributed by atoms with Crippen molar-refractivity contribution in [1.29, 1.82) is 0 Å². The van der Waals surface area contributed by atoms with Gasteiger partial charge in [0.2, 0.25) is 0 Å². The van der Waals surface area contributed by atoms with Crippen LogP contribution in [0.25, 0.3) is 5.69 Å². The van der Waals surface area contributed by atoms with Gasteiger partial charge < -0.3 is 9.30 Å². The second-order valence-corrected chi connectivity index (χ2v) is 10.4. The van der Waals surface area contributed by atoms with Crippen LogP contribution in [0.5, 0.6) is 0 Å². The first-order valence-electron chi connectivity index (χ1n) is 13.8. The van der Waals surface area contributed by atoms with Crippen molar-refractivity contribution in [1.82, 2.24) is 4.57 Å². The summed E-state index contributed by atoms with van der Waals surface area (Å²) < 4.78 is 54.2. The van der Waals surface area contributed by atoms with E-state index in [4.69, 9.17) is 4.74 Å². The van der Waals surface area contributed by atoms with Crippen LogP contribution in [-0.2, 0) is 22.1 Å². The number of para-hydroxylation sites is 1. The summed E-state index contributed by atoms with van der Waals surface area (Å²) in [7, 11) is 0. The molecule has 0 radical (unpaired) electrons. The topological polar surface area (TPSA) is 14.2 Å². The van der Waals surface area contributed by atoms with Gasteiger partial charge in [-0.2, -0.15) is 13.2 Å². The lowest BCUT2D eigenvalue weighted by Crippen LogP contribution is -2.43. The van der Waals surface area contributed by atoms with Gasteiger partial charge in [0.15, 0.2) is 5.60 Å². The molecule has 2 nitrogen and oxygen atoms in total. The van der Waals surface area contributed by atoms with E-state index >= 15 is 0 Å². The summed E-state index contributed by atoms with van der Waals surface area (Å²) in [6, 6.07) is 46.7. The molecule has 1 aromatic heterocycles. The lowest BCUT2D eigenvalue weighted by molar-refractivity contribution is -0.137. The number of ether oxygens (including phenoxy) is 1. The average Bonchev–Trinajstić information content (AvgIpc) is 3.49. The Hall–Kier alpha value is -4.87. The van der Waals surface area contributed by atoms with Gasteiger partial charge in [0.25, 0.3) is 0 Å². The van der Waals surface area contributed by atoms with E-state index in [-0.39, 0.29) is 5.69 Å². The molecule has 0 N–H and O–H groups in total. The van der Waals surface area contributed by atoms with Crippen molar-refractivity contribution in [2.24, 2.45) is 0 Å². The predicted octanol–water partition coefficient (Wildman–Crippen LogP) is 9.11. The Bertz CT molecular complexity index is 1750. The molecular weight excluding hydrogens is 531 g/mol. The van der Waals surface area contributed by atoms with Gasteiger partial charge in [0.1, 0.15) is 5.60 Å². The summed E-state index contributed by atoms with van der Waals surface area (Å²) in [5.41, 5.74) is 0.594. The zero-order chi connectivity index (χ0) is 28.8. The van der Waals surface area contributed by atoms with Crippen LogP contribution in [0, 0.1) is 0 Å². The molecule has 7 rings (SSSR count). The van der Waals surface area contributed by atoms with Crippen molar-refractivity contribution < 1.29 is 17.9 Å². The number of hydrogen-bond acceptors (Lipinski definition) is 1. The van der Waals surface area contributed by atoms with Gasteiger partial charge in [0.05, 0.1) is 16.9 Å². The minimum Gasteiger partial charge on any atom is -0.339 e. The Kier molecular flexibility index (Phi) is 6.14. The number of benzene rings is 5. The van der Waals surface area contributed by atoms with E-state index in [0.717, 1.165) is 28.3 Å². The Labute approximate surface area is 242 Å². The smallest absolute Gasteiger partial charge is 0.339 e. The maximum Gasteiger partial charge on any atom is 0.418 e. The fraction of sp³-hybridized carbons (Fsp3) is 0.0811. The third-order valence-corrected chi connectivity index (χ3v) is 8.10. The lowest BCUT2D eigenvalue weighted by atomic mass is 9.76. The van der Waals surface area contributed by atoms with Gasteiger partial charge in [-0.3, -0.25) is 0 Å². The number of fused-ring (bicyclic) bond motifs is 3. The minimum absolute atomic E-state index is 0.0476. The normalized spacial score (nSPS) is 15.3. The molecule has 5 aromatic carbocycles. The van der Waals surface area contributed by atoms with Crippen molar-refractivity contribution in [3.8, 4) is 5.69 Å². The first-order chi connectivity index (χ1) is 20.5. The van der Waals surface area contributed by atoms with Gasteiger partial charge >= 0.3 is 6.18 Å². The van der Waals surface area contributed by atoms with E-state index in [1.165, 1.54) is 6.07 Å². The summed E-state index contributed by atoms with van der Waals surface area (Å²) >= 11 is 0. The van der Waals surface area contributed by atoms with Gasteiger partial charge in [-0.05, 0) is 40.5 Å². The van der Waals surface area contributed by atoms with Crippen LogP contribution >= 0.6 is 0 Å². The average molecular weight is 558 g/mol. The van der Waals surface area contributed by atoms with Gasteiger partial charge in [-0.1, -0.05) is 133 Å².